The molecule has 1 unspecified atom stereocenters. The van der Waals surface area contributed by atoms with Gasteiger partial charge in [-0.3, -0.25) is 9.89 Å². The standard InChI is InChI=1S/C18H23N3O3/c1-24-15-8-6-13(7-9-15)16-11-17(20-19-16)18(23)21-10-4-2-3-5-14(21)12-22/h6-9,11,14,22H,2-5,10,12H2,1H3,(H,19,20). The number of likely N-dealkylation sites (tertiary alicyclic amines) is 1. The summed E-state index contributed by atoms with van der Waals surface area (Å²) in [6.07, 6.45) is 3.97. The van der Waals surface area contributed by atoms with Crippen molar-refractivity contribution in [3.05, 3.63) is 36.0 Å². The Hall–Kier alpha value is -2.34. The van der Waals surface area contributed by atoms with Gasteiger partial charge in [-0.15, -0.1) is 0 Å². The highest BCUT2D eigenvalue weighted by molar-refractivity contribution is 5.93. The van der Waals surface area contributed by atoms with Gasteiger partial charge in [-0.05, 0) is 43.2 Å². The summed E-state index contributed by atoms with van der Waals surface area (Å²) in [7, 11) is 1.62. The van der Waals surface area contributed by atoms with Crippen molar-refractivity contribution in [2.75, 3.05) is 20.3 Å². The van der Waals surface area contributed by atoms with Crippen molar-refractivity contribution in [3.63, 3.8) is 0 Å². The zero-order chi connectivity index (χ0) is 16.9. The summed E-state index contributed by atoms with van der Waals surface area (Å²) in [5.74, 6) is 0.684. The van der Waals surface area contributed by atoms with Crippen molar-refractivity contribution in [3.8, 4) is 17.0 Å². The molecule has 6 nitrogen and oxygen atoms in total. The van der Waals surface area contributed by atoms with Crippen LogP contribution in [-0.2, 0) is 0 Å². The molecule has 1 fully saturated rings. The van der Waals surface area contributed by atoms with E-state index in [2.05, 4.69) is 10.2 Å². The van der Waals surface area contributed by atoms with Gasteiger partial charge in [0.2, 0.25) is 0 Å². The van der Waals surface area contributed by atoms with Crippen LogP contribution < -0.4 is 4.74 Å². The number of carbonyl (C=O) groups excluding carboxylic acids is 1. The van der Waals surface area contributed by atoms with Gasteiger partial charge in [-0.1, -0.05) is 12.8 Å². The summed E-state index contributed by atoms with van der Waals surface area (Å²) in [5, 5.41) is 16.7. The van der Waals surface area contributed by atoms with Gasteiger partial charge in [-0.2, -0.15) is 5.10 Å². The Balaban J connectivity index is 1.79. The minimum Gasteiger partial charge on any atom is -0.497 e. The van der Waals surface area contributed by atoms with Gasteiger partial charge in [0.15, 0.2) is 0 Å². The van der Waals surface area contributed by atoms with Crippen LogP contribution >= 0.6 is 0 Å². The van der Waals surface area contributed by atoms with E-state index >= 15 is 0 Å². The van der Waals surface area contributed by atoms with Gasteiger partial charge < -0.3 is 14.7 Å². The molecule has 0 bridgehead atoms. The van der Waals surface area contributed by atoms with E-state index in [1.54, 1.807) is 18.1 Å². The zero-order valence-corrected chi connectivity index (χ0v) is 13.9. The lowest BCUT2D eigenvalue weighted by Crippen LogP contribution is -2.42. The lowest BCUT2D eigenvalue weighted by atomic mass is 10.1. The van der Waals surface area contributed by atoms with E-state index in [4.69, 9.17) is 4.74 Å². The number of hydrogen-bond donors (Lipinski definition) is 2. The number of aliphatic hydroxyl groups excluding tert-OH is 1. The number of aliphatic hydroxyl groups is 1. The molecule has 1 aliphatic rings. The Kier molecular flexibility index (Phi) is 5.15. The van der Waals surface area contributed by atoms with Crippen LogP contribution in [0.3, 0.4) is 0 Å². The van der Waals surface area contributed by atoms with Crippen molar-refractivity contribution in [2.24, 2.45) is 0 Å². The van der Waals surface area contributed by atoms with E-state index in [-0.39, 0.29) is 18.6 Å². The van der Waals surface area contributed by atoms with E-state index in [1.807, 2.05) is 24.3 Å². The molecule has 6 heteroatoms. The Labute approximate surface area is 141 Å². The van der Waals surface area contributed by atoms with Gasteiger partial charge >= 0.3 is 0 Å². The second kappa shape index (κ2) is 7.49. The number of aromatic nitrogens is 2. The molecule has 2 N–H and O–H groups in total. The number of amides is 1. The van der Waals surface area contributed by atoms with Gasteiger partial charge in [0.05, 0.1) is 25.5 Å². The molecule has 3 rings (SSSR count). The Morgan fingerprint density at radius 3 is 2.83 bits per heavy atom. The van der Waals surface area contributed by atoms with Crippen LogP contribution in [0.25, 0.3) is 11.3 Å². The molecule has 1 aromatic heterocycles. The molecule has 1 aliphatic heterocycles. The lowest BCUT2D eigenvalue weighted by Gasteiger charge is -2.28. The largest absolute Gasteiger partial charge is 0.497 e. The molecule has 0 radical (unpaired) electrons. The minimum atomic E-state index is -0.104. The van der Waals surface area contributed by atoms with Crippen molar-refractivity contribution in [1.82, 2.24) is 15.1 Å². The van der Waals surface area contributed by atoms with E-state index in [0.717, 1.165) is 42.7 Å². The quantitative estimate of drug-likeness (QED) is 0.903. The Morgan fingerprint density at radius 1 is 1.33 bits per heavy atom. The Bertz CT molecular complexity index is 681. The first-order chi connectivity index (χ1) is 11.7. The average Bonchev–Trinajstić information content (AvgIpc) is 3.00. The topological polar surface area (TPSA) is 78.5 Å². The molecule has 128 valence electrons. The summed E-state index contributed by atoms with van der Waals surface area (Å²) in [5.41, 5.74) is 2.10. The highest BCUT2D eigenvalue weighted by Gasteiger charge is 2.27. The molecule has 2 heterocycles. The van der Waals surface area contributed by atoms with Crippen molar-refractivity contribution >= 4 is 5.91 Å². The number of rotatable bonds is 4. The number of hydrogen-bond acceptors (Lipinski definition) is 4. The first-order valence-electron chi connectivity index (χ1n) is 8.34. The fourth-order valence-corrected chi connectivity index (χ4v) is 3.13. The fourth-order valence-electron chi connectivity index (χ4n) is 3.13. The van der Waals surface area contributed by atoms with Crippen LogP contribution in [0, 0.1) is 0 Å². The number of benzene rings is 1. The first-order valence-corrected chi connectivity index (χ1v) is 8.34. The van der Waals surface area contributed by atoms with Crippen LogP contribution in [0.1, 0.15) is 36.2 Å². The number of aromatic amines is 1. The third kappa shape index (κ3) is 3.43. The molecule has 1 atom stereocenters. The first kappa shape index (κ1) is 16.5. The van der Waals surface area contributed by atoms with Crippen LogP contribution in [-0.4, -0.2) is 52.4 Å². The summed E-state index contributed by atoms with van der Waals surface area (Å²) in [6, 6.07) is 9.21. The SMILES string of the molecule is COc1ccc(-c2cc(C(=O)N3CCCCCC3CO)[nH]n2)cc1. The maximum Gasteiger partial charge on any atom is 0.272 e. The van der Waals surface area contributed by atoms with Gasteiger partial charge in [0, 0.05) is 12.1 Å². The second-order valence-corrected chi connectivity index (χ2v) is 6.08. The van der Waals surface area contributed by atoms with Crippen molar-refractivity contribution in [2.45, 2.75) is 31.7 Å². The van der Waals surface area contributed by atoms with E-state index in [9.17, 15) is 9.90 Å². The van der Waals surface area contributed by atoms with E-state index < -0.39 is 0 Å². The highest BCUT2D eigenvalue weighted by atomic mass is 16.5. The van der Waals surface area contributed by atoms with Crippen molar-refractivity contribution < 1.29 is 14.6 Å². The highest BCUT2D eigenvalue weighted by Crippen LogP contribution is 2.23. The van der Waals surface area contributed by atoms with Crippen LogP contribution in [0.15, 0.2) is 30.3 Å². The molecule has 0 spiro atoms. The number of carbonyl (C=O) groups is 1. The van der Waals surface area contributed by atoms with E-state index in [0.29, 0.717) is 12.2 Å². The van der Waals surface area contributed by atoms with Crippen molar-refractivity contribution in [1.29, 1.82) is 0 Å². The van der Waals surface area contributed by atoms with Gasteiger partial charge in [0.25, 0.3) is 5.91 Å². The predicted molar refractivity (Wildman–Crippen MR) is 91.0 cm³/mol. The molecule has 0 saturated carbocycles. The monoisotopic (exact) mass is 329 g/mol. The zero-order valence-electron chi connectivity index (χ0n) is 13.9. The smallest absolute Gasteiger partial charge is 0.272 e. The molecule has 1 saturated heterocycles. The maximum absolute atomic E-state index is 12.8. The van der Waals surface area contributed by atoms with Crippen LogP contribution in [0.5, 0.6) is 5.75 Å². The maximum atomic E-state index is 12.8. The molecule has 1 aromatic carbocycles. The number of methoxy groups -OCH3 is 1. The molecule has 24 heavy (non-hydrogen) atoms. The number of H-pyrrole nitrogens is 1. The average molecular weight is 329 g/mol. The van der Waals surface area contributed by atoms with E-state index in [1.165, 1.54) is 0 Å². The summed E-state index contributed by atoms with van der Waals surface area (Å²) < 4.78 is 5.15. The number of nitrogens with zero attached hydrogens (tertiary/aromatic N) is 2. The second-order valence-electron chi connectivity index (χ2n) is 6.08. The molecule has 0 aliphatic carbocycles. The van der Waals surface area contributed by atoms with Gasteiger partial charge in [0.1, 0.15) is 11.4 Å². The normalized spacial score (nSPS) is 18.2. The number of ether oxygens (including phenoxy) is 1. The van der Waals surface area contributed by atoms with Crippen LogP contribution in [0.2, 0.25) is 0 Å². The predicted octanol–water partition coefficient (Wildman–Crippen LogP) is 2.46. The number of nitrogens with one attached hydrogen (secondary N) is 1. The third-order valence-electron chi connectivity index (χ3n) is 4.54. The molecule has 2 aromatic rings. The Morgan fingerprint density at radius 2 is 2.12 bits per heavy atom. The summed E-state index contributed by atoms with van der Waals surface area (Å²) in [4.78, 5) is 14.6. The van der Waals surface area contributed by atoms with Crippen LogP contribution in [0.4, 0.5) is 0 Å². The molecular weight excluding hydrogens is 306 g/mol. The lowest BCUT2D eigenvalue weighted by molar-refractivity contribution is 0.0594. The summed E-state index contributed by atoms with van der Waals surface area (Å²) in [6.45, 7) is 0.687. The minimum absolute atomic E-state index is 0.00517. The third-order valence-corrected chi connectivity index (χ3v) is 4.54. The summed E-state index contributed by atoms with van der Waals surface area (Å²) >= 11 is 0. The molecular formula is C18H23N3O3. The molecule has 1 amide bonds. The van der Waals surface area contributed by atoms with Gasteiger partial charge in [-0.25, -0.2) is 0 Å². The fraction of sp³-hybridized carbons (Fsp3) is 0.444.